The third-order valence-electron chi connectivity index (χ3n) is 7.41. The standard InChI is InChI=1S/C33H29FN4OS/c1-21-8-4-5-10-30(21)39-27-17-15-26(16-18-27)38-32(31(36-33(38)40)29-9-6-7-19-35-29)28-20-22(2)37(23(28)3)25-13-11-24(34)12-14-25/h4-20,31-32H,1-3H3,(H,36,40)/t31-,32-/m1/s1. The van der Waals surface area contributed by atoms with Crippen LogP contribution < -0.4 is 15.0 Å². The van der Waals surface area contributed by atoms with Gasteiger partial charge in [0.15, 0.2) is 5.11 Å². The molecule has 0 amide bonds. The molecule has 2 aromatic heterocycles. The Kier molecular flexibility index (Phi) is 6.82. The van der Waals surface area contributed by atoms with Crippen LogP contribution in [0.4, 0.5) is 10.1 Å². The van der Waals surface area contributed by atoms with Gasteiger partial charge in [0.1, 0.15) is 17.3 Å². The fourth-order valence-electron chi connectivity index (χ4n) is 5.50. The third-order valence-corrected chi connectivity index (χ3v) is 7.72. The summed E-state index contributed by atoms with van der Waals surface area (Å²) in [6.45, 7) is 6.20. The predicted molar refractivity (Wildman–Crippen MR) is 161 cm³/mol. The van der Waals surface area contributed by atoms with E-state index in [1.807, 2.05) is 73.7 Å². The van der Waals surface area contributed by atoms with Crippen LogP contribution in [-0.2, 0) is 0 Å². The number of nitrogens with one attached hydrogen (secondary N) is 1. The van der Waals surface area contributed by atoms with Gasteiger partial charge in [-0.3, -0.25) is 4.98 Å². The fraction of sp³-hybridized carbons (Fsp3) is 0.152. The molecule has 3 heterocycles. The Labute approximate surface area is 238 Å². The Hall–Kier alpha value is -4.49. The maximum Gasteiger partial charge on any atom is 0.174 e. The van der Waals surface area contributed by atoms with Crippen LogP contribution in [0.2, 0.25) is 0 Å². The van der Waals surface area contributed by atoms with Crippen molar-refractivity contribution < 1.29 is 9.13 Å². The Morgan fingerprint density at radius 3 is 2.25 bits per heavy atom. The number of ether oxygens (including phenoxy) is 1. The van der Waals surface area contributed by atoms with Crippen molar-refractivity contribution in [3.63, 3.8) is 0 Å². The van der Waals surface area contributed by atoms with Crippen LogP contribution in [0.25, 0.3) is 5.69 Å². The Morgan fingerprint density at radius 2 is 1.55 bits per heavy atom. The molecule has 5 aromatic rings. The molecule has 7 heteroatoms. The Balaban J connectivity index is 1.41. The number of thiocarbonyl (C=S) groups is 1. The molecule has 0 spiro atoms. The number of aromatic nitrogens is 2. The van der Waals surface area contributed by atoms with E-state index in [0.717, 1.165) is 51.1 Å². The summed E-state index contributed by atoms with van der Waals surface area (Å²) in [5.74, 6) is 1.33. The highest BCUT2D eigenvalue weighted by atomic mass is 32.1. The van der Waals surface area contributed by atoms with Crippen molar-refractivity contribution in [3.05, 3.63) is 137 Å². The zero-order valence-corrected chi connectivity index (χ0v) is 23.3. The minimum absolute atomic E-state index is 0.161. The van der Waals surface area contributed by atoms with E-state index in [-0.39, 0.29) is 17.9 Å². The summed E-state index contributed by atoms with van der Waals surface area (Å²) in [5.41, 5.74) is 7.07. The first-order valence-corrected chi connectivity index (χ1v) is 13.6. The van der Waals surface area contributed by atoms with E-state index in [2.05, 4.69) is 39.7 Å². The van der Waals surface area contributed by atoms with Gasteiger partial charge in [0, 0.05) is 29.0 Å². The lowest BCUT2D eigenvalue weighted by Crippen LogP contribution is -2.29. The molecule has 0 aliphatic carbocycles. The number of benzene rings is 3. The van der Waals surface area contributed by atoms with Crippen molar-refractivity contribution >= 4 is 23.0 Å². The number of aryl methyl sites for hydroxylation is 2. The predicted octanol–water partition coefficient (Wildman–Crippen LogP) is 7.91. The smallest absolute Gasteiger partial charge is 0.174 e. The number of rotatable bonds is 6. The first-order valence-electron chi connectivity index (χ1n) is 13.2. The van der Waals surface area contributed by atoms with Gasteiger partial charge in [0.05, 0.1) is 17.8 Å². The van der Waals surface area contributed by atoms with E-state index in [9.17, 15) is 4.39 Å². The number of anilines is 1. The molecule has 3 aromatic carbocycles. The van der Waals surface area contributed by atoms with Crippen molar-refractivity contribution in [2.75, 3.05) is 4.90 Å². The van der Waals surface area contributed by atoms with E-state index < -0.39 is 0 Å². The lowest BCUT2D eigenvalue weighted by Gasteiger charge is -2.28. The van der Waals surface area contributed by atoms with Gasteiger partial charge < -0.3 is 19.5 Å². The van der Waals surface area contributed by atoms with Gasteiger partial charge in [-0.1, -0.05) is 24.3 Å². The highest BCUT2D eigenvalue weighted by Gasteiger charge is 2.42. The summed E-state index contributed by atoms with van der Waals surface area (Å²) < 4.78 is 22.0. The largest absolute Gasteiger partial charge is 0.457 e. The van der Waals surface area contributed by atoms with Gasteiger partial charge >= 0.3 is 0 Å². The summed E-state index contributed by atoms with van der Waals surface area (Å²) >= 11 is 5.93. The normalized spacial score (nSPS) is 16.7. The van der Waals surface area contributed by atoms with Crippen molar-refractivity contribution in [1.29, 1.82) is 0 Å². The number of halogens is 1. The minimum Gasteiger partial charge on any atom is -0.457 e. The van der Waals surface area contributed by atoms with Crippen LogP contribution in [0.5, 0.6) is 11.5 Å². The highest BCUT2D eigenvalue weighted by molar-refractivity contribution is 7.80. The van der Waals surface area contributed by atoms with Crippen LogP contribution in [0, 0.1) is 26.6 Å². The topological polar surface area (TPSA) is 42.3 Å². The molecular weight excluding hydrogens is 519 g/mol. The molecule has 5 nitrogen and oxygen atoms in total. The van der Waals surface area contributed by atoms with Crippen LogP contribution in [0.1, 0.15) is 40.3 Å². The quantitative estimate of drug-likeness (QED) is 0.219. The Bertz CT molecular complexity index is 1670. The van der Waals surface area contributed by atoms with Crippen LogP contribution >= 0.6 is 12.2 Å². The zero-order valence-electron chi connectivity index (χ0n) is 22.5. The molecule has 0 saturated carbocycles. The fourth-order valence-corrected chi connectivity index (χ4v) is 5.84. The number of pyridine rings is 1. The average Bonchev–Trinajstić information content (AvgIpc) is 3.46. The van der Waals surface area contributed by atoms with Gasteiger partial charge in [-0.25, -0.2) is 4.39 Å². The summed E-state index contributed by atoms with van der Waals surface area (Å²) in [5, 5.41) is 4.16. The van der Waals surface area contributed by atoms with Gasteiger partial charge in [0.2, 0.25) is 0 Å². The monoisotopic (exact) mass is 548 g/mol. The van der Waals surface area contributed by atoms with Crippen molar-refractivity contribution in [2.24, 2.45) is 0 Å². The van der Waals surface area contributed by atoms with Gasteiger partial charge in [-0.15, -0.1) is 0 Å². The maximum atomic E-state index is 13.7. The molecule has 0 radical (unpaired) electrons. The highest BCUT2D eigenvalue weighted by Crippen LogP contribution is 2.44. The maximum absolute atomic E-state index is 13.7. The second kappa shape index (κ2) is 10.6. The molecule has 1 N–H and O–H groups in total. The lowest BCUT2D eigenvalue weighted by atomic mass is 9.96. The molecule has 0 unspecified atom stereocenters. The summed E-state index contributed by atoms with van der Waals surface area (Å²) in [6.07, 6.45) is 1.80. The minimum atomic E-state index is -0.256. The van der Waals surface area contributed by atoms with E-state index in [1.165, 1.54) is 12.1 Å². The molecule has 1 saturated heterocycles. The van der Waals surface area contributed by atoms with Crippen LogP contribution in [-0.4, -0.2) is 14.7 Å². The molecule has 1 aliphatic heterocycles. The number of hydrogen-bond donors (Lipinski definition) is 1. The number of para-hydroxylation sites is 1. The van der Waals surface area contributed by atoms with E-state index in [0.29, 0.717) is 5.11 Å². The van der Waals surface area contributed by atoms with Gasteiger partial charge in [-0.2, -0.15) is 0 Å². The van der Waals surface area contributed by atoms with Gasteiger partial charge in [-0.05, 0) is 117 Å². The average molecular weight is 549 g/mol. The molecule has 2 atom stereocenters. The molecule has 1 fully saturated rings. The Morgan fingerprint density at radius 1 is 0.850 bits per heavy atom. The van der Waals surface area contributed by atoms with E-state index in [1.54, 1.807) is 18.3 Å². The first-order chi connectivity index (χ1) is 19.4. The van der Waals surface area contributed by atoms with E-state index in [4.69, 9.17) is 17.0 Å². The summed E-state index contributed by atoms with van der Waals surface area (Å²) in [7, 11) is 0. The van der Waals surface area contributed by atoms with Crippen LogP contribution in [0.15, 0.2) is 103 Å². The van der Waals surface area contributed by atoms with Crippen molar-refractivity contribution in [1.82, 2.24) is 14.9 Å². The summed E-state index contributed by atoms with van der Waals surface area (Å²) in [4.78, 5) is 6.83. The SMILES string of the molecule is Cc1ccccc1Oc1ccc(N2C(=S)N[C@H](c3ccccn3)[C@H]2c2cc(C)n(-c3ccc(F)cc3)c2C)cc1. The molecule has 40 heavy (non-hydrogen) atoms. The second-order valence-electron chi connectivity index (χ2n) is 10.00. The zero-order chi connectivity index (χ0) is 27.8. The van der Waals surface area contributed by atoms with Gasteiger partial charge in [0.25, 0.3) is 0 Å². The molecule has 1 aliphatic rings. The summed E-state index contributed by atoms with van der Waals surface area (Å²) in [6, 6.07) is 30.4. The second-order valence-corrected chi connectivity index (χ2v) is 10.4. The molecular formula is C33H29FN4OS. The van der Waals surface area contributed by atoms with Crippen molar-refractivity contribution in [2.45, 2.75) is 32.9 Å². The molecule has 6 rings (SSSR count). The number of hydrogen-bond acceptors (Lipinski definition) is 3. The van der Waals surface area contributed by atoms with Crippen molar-refractivity contribution in [3.8, 4) is 17.2 Å². The van der Waals surface area contributed by atoms with E-state index >= 15 is 0 Å². The third kappa shape index (κ3) is 4.73. The lowest BCUT2D eigenvalue weighted by molar-refractivity contribution is 0.479. The molecule has 200 valence electrons. The number of nitrogens with zero attached hydrogens (tertiary/aromatic N) is 3. The molecule has 0 bridgehead atoms. The van der Waals surface area contributed by atoms with Crippen LogP contribution in [0.3, 0.4) is 0 Å². The first kappa shape index (κ1) is 25.8.